The number of ether oxygens (including phenoxy) is 1. The summed E-state index contributed by atoms with van der Waals surface area (Å²) < 4.78 is 48.5. The second kappa shape index (κ2) is 14.3. The fourth-order valence-corrected chi connectivity index (χ4v) is 8.00. The number of methoxy groups -OCH3 is 1. The van der Waals surface area contributed by atoms with Crippen molar-refractivity contribution in [1.82, 2.24) is 29.7 Å². The van der Waals surface area contributed by atoms with Gasteiger partial charge in [-0.1, -0.05) is 41.9 Å². The number of halogens is 4. The second-order valence-electron chi connectivity index (χ2n) is 13.8. The summed E-state index contributed by atoms with van der Waals surface area (Å²) in [4.78, 5) is 34.3. The van der Waals surface area contributed by atoms with Gasteiger partial charge in [0.25, 0.3) is 0 Å². The number of hydrogen-bond donors (Lipinski definition) is 0. The highest BCUT2D eigenvalue weighted by Gasteiger charge is 2.35. The van der Waals surface area contributed by atoms with Gasteiger partial charge in [0.05, 0.1) is 17.5 Å². The molecule has 3 unspecified atom stereocenters. The summed E-state index contributed by atoms with van der Waals surface area (Å²) in [6.07, 6.45) is 8.72. The number of pyridine rings is 1. The van der Waals surface area contributed by atoms with Crippen LogP contribution >= 0.6 is 11.6 Å². The van der Waals surface area contributed by atoms with Gasteiger partial charge in [-0.25, -0.2) is 13.2 Å². The van der Waals surface area contributed by atoms with E-state index < -0.39 is 17.8 Å². The number of nitrogens with zero attached hydrogens (tertiary/aromatic N) is 7. The molecule has 0 radical (unpaired) electrons. The number of rotatable bonds is 6. The van der Waals surface area contributed by atoms with Crippen LogP contribution in [-0.2, 0) is 4.79 Å². The first-order valence-electron chi connectivity index (χ1n) is 17.1. The fraction of sp³-hybridized carbons (Fsp3) is 0.459. The van der Waals surface area contributed by atoms with Crippen molar-refractivity contribution in [3.8, 4) is 17.3 Å². The van der Waals surface area contributed by atoms with Crippen LogP contribution in [0.25, 0.3) is 32.9 Å². The van der Waals surface area contributed by atoms with Crippen molar-refractivity contribution < 1.29 is 22.7 Å². The van der Waals surface area contributed by atoms with Crippen LogP contribution in [0, 0.1) is 17.6 Å². The maximum Gasteiger partial charge on any atom is 0.318 e. The van der Waals surface area contributed by atoms with E-state index in [0.29, 0.717) is 59.1 Å². The summed E-state index contributed by atoms with van der Waals surface area (Å²) in [5.41, 5.74) is 0.366. The number of carbonyl (C=O) groups excluding carboxylic acids is 1. The van der Waals surface area contributed by atoms with E-state index in [0.717, 1.165) is 32.5 Å². The van der Waals surface area contributed by atoms with Crippen LogP contribution < -0.4 is 9.64 Å². The van der Waals surface area contributed by atoms with Gasteiger partial charge in [0.15, 0.2) is 5.82 Å². The molecule has 9 nitrogen and oxygen atoms in total. The van der Waals surface area contributed by atoms with Crippen molar-refractivity contribution in [2.45, 2.75) is 43.9 Å². The summed E-state index contributed by atoms with van der Waals surface area (Å²) >= 11 is 6.31. The van der Waals surface area contributed by atoms with Crippen molar-refractivity contribution >= 4 is 45.0 Å². The number of alkyl halides is 1. The molecule has 50 heavy (non-hydrogen) atoms. The number of amides is 1. The third-order valence-corrected chi connectivity index (χ3v) is 10.8. The summed E-state index contributed by atoms with van der Waals surface area (Å²) in [6.45, 7) is 4.91. The lowest BCUT2D eigenvalue weighted by Gasteiger charge is -2.34. The standard InChI is InChI=1S/C30H29ClF2N6O2.C7H12FN/c1-37-14-17(15-37)7-10-23(40)39-12-11-19(16-39)38(2)29-21-13-34-27(26(33)28(21)35-30(36-29)41-3)20-6-4-5-18-8-9-22(32)25(31)24(18)20;8-6-4-7-2-1-3-9(7)5-6/h4-10,13,17,19H,11-12,14-16H2,1-3H3;6-7H,1-5H2/b10-7+;. The second-order valence-corrected chi connectivity index (χ2v) is 14.2. The minimum Gasteiger partial charge on any atom is -0.467 e. The molecule has 4 aromatic rings. The molecule has 4 aliphatic rings. The van der Waals surface area contributed by atoms with Gasteiger partial charge in [0.2, 0.25) is 5.91 Å². The Morgan fingerprint density at radius 2 is 1.90 bits per heavy atom. The molecule has 0 saturated carbocycles. The summed E-state index contributed by atoms with van der Waals surface area (Å²) in [5.74, 6) is -0.444. The average Bonchev–Trinajstić information content (AvgIpc) is 3.85. The van der Waals surface area contributed by atoms with Crippen molar-refractivity contribution in [3.05, 3.63) is 65.3 Å². The smallest absolute Gasteiger partial charge is 0.318 e. The Bertz CT molecular complexity index is 1930. The molecule has 4 saturated heterocycles. The molecule has 13 heteroatoms. The molecule has 3 atom stereocenters. The van der Waals surface area contributed by atoms with Crippen molar-refractivity contribution in [3.63, 3.8) is 0 Å². The van der Waals surface area contributed by atoms with E-state index in [4.69, 9.17) is 16.3 Å². The van der Waals surface area contributed by atoms with Crippen LogP contribution in [0.15, 0.2) is 48.7 Å². The Morgan fingerprint density at radius 3 is 2.66 bits per heavy atom. The number of carbonyl (C=O) groups is 1. The Hall–Kier alpha value is -4.00. The highest BCUT2D eigenvalue weighted by Crippen LogP contribution is 2.38. The van der Waals surface area contributed by atoms with Crippen LogP contribution in [0.5, 0.6) is 6.01 Å². The number of hydrogen-bond acceptors (Lipinski definition) is 8. The van der Waals surface area contributed by atoms with E-state index in [-0.39, 0.29) is 34.2 Å². The lowest BCUT2D eigenvalue weighted by atomic mass is 10.0. The van der Waals surface area contributed by atoms with Crippen LogP contribution in [0.1, 0.15) is 25.7 Å². The zero-order valence-electron chi connectivity index (χ0n) is 28.5. The maximum absolute atomic E-state index is 16.2. The third kappa shape index (κ3) is 6.72. The summed E-state index contributed by atoms with van der Waals surface area (Å²) in [7, 11) is 5.33. The van der Waals surface area contributed by atoms with Gasteiger partial charge in [0, 0.05) is 74.9 Å². The van der Waals surface area contributed by atoms with E-state index in [1.807, 2.05) is 22.9 Å². The van der Waals surface area contributed by atoms with Gasteiger partial charge in [-0.15, -0.1) is 0 Å². The highest BCUT2D eigenvalue weighted by molar-refractivity contribution is 6.36. The predicted octanol–water partition coefficient (Wildman–Crippen LogP) is 6.13. The SMILES string of the molecule is COc1nc(N(C)C2CCN(C(=O)/C=C/C3CN(C)C3)C2)c2cnc(-c3cccc4ccc(F)c(Cl)c34)c(F)c2n1.FC1CC2CCCN2C1. The first kappa shape index (κ1) is 34.4. The van der Waals surface area contributed by atoms with Crippen molar-refractivity contribution in [1.29, 1.82) is 0 Å². The Morgan fingerprint density at radius 1 is 1.08 bits per heavy atom. The number of likely N-dealkylation sites (N-methyl/N-ethyl adjacent to an activating group) is 1. The number of benzene rings is 2. The molecule has 2 aromatic heterocycles. The van der Waals surface area contributed by atoms with Crippen molar-refractivity contribution in [2.75, 3.05) is 65.4 Å². The van der Waals surface area contributed by atoms with Crippen LogP contribution in [0.2, 0.25) is 5.02 Å². The lowest BCUT2D eigenvalue weighted by molar-refractivity contribution is -0.125. The zero-order valence-corrected chi connectivity index (χ0v) is 29.2. The normalized spacial score (nSPS) is 22.6. The summed E-state index contributed by atoms with van der Waals surface area (Å²) in [6, 6.07) is 8.60. The quantitative estimate of drug-likeness (QED) is 0.222. The van der Waals surface area contributed by atoms with Gasteiger partial charge < -0.3 is 19.4 Å². The molecule has 264 valence electrons. The molecular weight excluding hydrogens is 667 g/mol. The highest BCUT2D eigenvalue weighted by atomic mass is 35.5. The minimum atomic E-state index is -0.694. The van der Waals surface area contributed by atoms with Gasteiger partial charge in [0.1, 0.15) is 29.0 Å². The van der Waals surface area contributed by atoms with Gasteiger partial charge in [-0.2, -0.15) is 9.97 Å². The van der Waals surface area contributed by atoms with E-state index in [2.05, 4.69) is 31.8 Å². The molecule has 1 amide bonds. The fourth-order valence-electron chi connectivity index (χ4n) is 7.73. The predicted molar refractivity (Wildman–Crippen MR) is 189 cm³/mol. The van der Waals surface area contributed by atoms with E-state index in [9.17, 15) is 13.6 Å². The molecule has 8 rings (SSSR count). The summed E-state index contributed by atoms with van der Waals surface area (Å²) in [5, 5.41) is 1.32. The van der Waals surface area contributed by atoms with Crippen LogP contribution in [0.3, 0.4) is 0 Å². The molecule has 0 aliphatic carbocycles. The lowest BCUT2D eigenvalue weighted by Crippen LogP contribution is -2.42. The first-order valence-corrected chi connectivity index (χ1v) is 17.5. The average molecular weight is 708 g/mol. The largest absolute Gasteiger partial charge is 0.467 e. The van der Waals surface area contributed by atoms with Gasteiger partial charge in [-0.05, 0) is 56.8 Å². The molecule has 4 aliphatic heterocycles. The molecule has 0 spiro atoms. The van der Waals surface area contributed by atoms with Crippen LogP contribution in [0.4, 0.5) is 19.0 Å². The monoisotopic (exact) mass is 707 g/mol. The van der Waals surface area contributed by atoms with Crippen molar-refractivity contribution in [2.24, 2.45) is 5.92 Å². The van der Waals surface area contributed by atoms with Gasteiger partial charge in [-0.3, -0.25) is 14.7 Å². The maximum atomic E-state index is 16.2. The van der Waals surface area contributed by atoms with E-state index in [1.165, 1.54) is 32.2 Å². The Labute approximate surface area is 294 Å². The Balaban J connectivity index is 0.000000375. The molecular formula is C37H41ClF3N7O2. The topological polar surface area (TPSA) is 77.9 Å². The van der Waals surface area contributed by atoms with E-state index in [1.54, 1.807) is 30.3 Å². The molecule has 0 bridgehead atoms. The zero-order chi connectivity index (χ0) is 35.1. The van der Waals surface area contributed by atoms with Gasteiger partial charge >= 0.3 is 6.01 Å². The molecule has 4 fully saturated rings. The number of anilines is 1. The number of fused-ring (bicyclic) bond motifs is 3. The Kier molecular flexibility index (Phi) is 9.87. The number of aromatic nitrogens is 3. The first-order chi connectivity index (χ1) is 24.1. The third-order valence-electron chi connectivity index (χ3n) is 10.4. The van der Waals surface area contributed by atoms with E-state index >= 15 is 4.39 Å². The molecule has 6 heterocycles. The molecule has 2 aromatic carbocycles. The minimum absolute atomic E-state index is 0.00303. The number of likely N-dealkylation sites (tertiary alicyclic amines) is 2. The molecule has 0 N–H and O–H groups in total. The van der Waals surface area contributed by atoms with Crippen LogP contribution in [-0.4, -0.2) is 114 Å².